The summed E-state index contributed by atoms with van der Waals surface area (Å²) in [5.74, 6) is 0. The first-order chi connectivity index (χ1) is 8.83. The fourth-order valence-electron chi connectivity index (χ4n) is 1.51. The summed E-state index contributed by atoms with van der Waals surface area (Å²) in [6.07, 6.45) is -2.16. The zero-order chi connectivity index (χ0) is 14.5. The Morgan fingerprint density at radius 3 is 2.74 bits per heavy atom. The van der Waals surface area contributed by atoms with Gasteiger partial charge in [0.25, 0.3) is 0 Å². The van der Waals surface area contributed by atoms with Crippen LogP contribution in [0.5, 0.6) is 0 Å². The van der Waals surface area contributed by atoms with Gasteiger partial charge in [-0.15, -0.1) is 11.3 Å². The van der Waals surface area contributed by atoms with Crippen LogP contribution in [0.1, 0.15) is 37.6 Å². The van der Waals surface area contributed by atoms with Crippen molar-refractivity contribution in [3.8, 4) is 0 Å². The van der Waals surface area contributed by atoms with Gasteiger partial charge in [-0.25, -0.2) is 4.98 Å². The Kier molecular flexibility index (Phi) is 6.06. The number of aromatic nitrogens is 1. The molecule has 1 atom stereocenters. The number of rotatable bonds is 7. The fraction of sp³-hybridized carbons (Fsp3) is 0.750. The number of nitrogens with zero attached hydrogens (tertiary/aromatic N) is 2. The minimum atomic E-state index is -4.12. The van der Waals surface area contributed by atoms with E-state index in [4.69, 9.17) is 0 Å². The van der Waals surface area contributed by atoms with E-state index in [1.165, 1.54) is 11.3 Å². The van der Waals surface area contributed by atoms with Gasteiger partial charge in [0, 0.05) is 30.7 Å². The summed E-state index contributed by atoms with van der Waals surface area (Å²) < 4.78 is 36.5. The molecule has 110 valence electrons. The zero-order valence-electron chi connectivity index (χ0n) is 11.4. The molecule has 0 spiro atoms. The Morgan fingerprint density at radius 1 is 1.47 bits per heavy atom. The third kappa shape index (κ3) is 5.78. The van der Waals surface area contributed by atoms with Crippen molar-refractivity contribution >= 4 is 16.5 Å². The lowest BCUT2D eigenvalue weighted by molar-refractivity contribution is -0.132. The maximum absolute atomic E-state index is 12.2. The summed E-state index contributed by atoms with van der Waals surface area (Å²) >= 11 is 1.44. The van der Waals surface area contributed by atoms with Crippen LogP contribution in [0, 0.1) is 0 Å². The molecule has 0 radical (unpaired) electrons. The number of hydrogen-bond donors (Lipinski definition) is 1. The molecule has 0 aliphatic heterocycles. The molecule has 0 saturated heterocycles. The van der Waals surface area contributed by atoms with E-state index in [1.54, 1.807) is 18.1 Å². The van der Waals surface area contributed by atoms with Crippen LogP contribution in [-0.2, 0) is 0 Å². The van der Waals surface area contributed by atoms with Crippen LogP contribution in [0.3, 0.4) is 0 Å². The minimum Gasteiger partial charge on any atom is -0.351 e. The van der Waals surface area contributed by atoms with Gasteiger partial charge in [0.2, 0.25) is 0 Å². The van der Waals surface area contributed by atoms with Crippen molar-refractivity contribution in [1.29, 1.82) is 0 Å². The standard InChI is InChI=1S/C12H20F3N3S/c1-4-6-16-9(2)10-8-17-11(19-10)18(3)7-5-12(13,14)15/h8-9,16H,4-7H2,1-3H3. The molecule has 0 aliphatic rings. The van der Waals surface area contributed by atoms with Gasteiger partial charge in [-0.1, -0.05) is 6.92 Å². The van der Waals surface area contributed by atoms with Crippen molar-refractivity contribution in [2.45, 2.75) is 38.9 Å². The Morgan fingerprint density at radius 2 is 2.16 bits per heavy atom. The van der Waals surface area contributed by atoms with Crippen molar-refractivity contribution in [3.63, 3.8) is 0 Å². The fourth-order valence-corrected chi connectivity index (χ4v) is 2.43. The summed E-state index contributed by atoms with van der Waals surface area (Å²) in [7, 11) is 1.64. The molecule has 1 aromatic heterocycles. The molecule has 19 heavy (non-hydrogen) atoms. The Bertz CT molecular complexity index is 379. The van der Waals surface area contributed by atoms with Crippen LogP contribution < -0.4 is 10.2 Å². The van der Waals surface area contributed by atoms with Gasteiger partial charge in [-0.05, 0) is 19.9 Å². The van der Waals surface area contributed by atoms with Crippen LogP contribution in [-0.4, -0.2) is 31.3 Å². The third-order valence-corrected chi connectivity index (χ3v) is 3.99. The molecule has 0 aromatic carbocycles. The van der Waals surface area contributed by atoms with Gasteiger partial charge in [0.15, 0.2) is 5.13 Å². The first-order valence-electron chi connectivity index (χ1n) is 6.30. The summed E-state index contributed by atoms with van der Waals surface area (Å²) in [5.41, 5.74) is 0. The molecular weight excluding hydrogens is 275 g/mol. The van der Waals surface area contributed by atoms with Gasteiger partial charge in [-0.3, -0.25) is 0 Å². The van der Waals surface area contributed by atoms with E-state index in [0.717, 1.165) is 17.8 Å². The molecule has 1 heterocycles. The van der Waals surface area contributed by atoms with Gasteiger partial charge < -0.3 is 10.2 Å². The molecule has 1 rings (SSSR count). The number of halogens is 3. The molecule has 0 bridgehead atoms. The molecule has 0 fully saturated rings. The van der Waals surface area contributed by atoms with Gasteiger partial charge >= 0.3 is 6.18 Å². The number of hydrogen-bond acceptors (Lipinski definition) is 4. The average molecular weight is 295 g/mol. The number of alkyl halides is 3. The Hall–Kier alpha value is -0.820. The highest BCUT2D eigenvalue weighted by Gasteiger charge is 2.27. The highest BCUT2D eigenvalue weighted by atomic mass is 32.1. The molecule has 0 amide bonds. The average Bonchev–Trinajstić information content (AvgIpc) is 2.81. The largest absolute Gasteiger partial charge is 0.390 e. The lowest BCUT2D eigenvalue weighted by Crippen LogP contribution is -2.23. The molecule has 1 N–H and O–H groups in total. The Balaban J connectivity index is 2.53. The van der Waals surface area contributed by atoms with Gasteiger partial charge in [-0.2, -0.15) is 13.2 Å². The quantitative estimate of drug-likeness (QED) is 0.833. The predicted molar refractivity (Wildman–Crippen MR) is 72.8 cm³/mol. The van der Waals surface area contributed by atoms with Gasteiger partial charge in [0.1, 0.15) is 0 Å². The predicted octanol–water partition coefficient (Wildman–Crippen LogP) is 3.59. The lowest BCUT2D eigenvalue weighted by Gasteiger charge is -2.16. The molecule has 0 saturated carbocycles. The third-order valence-electron chi connectivity index (χ3n) is 2.70. The van der Waals surface area contributed by atoms with Gasteiger partial charge in [0.05, 0.1) is 6.42 Å². The number of anilines is 1. The second kappa shape index (κ2) is 7.09. The SMILES string of the molecule is CCCNC(C)c1cnc(N(C)CCC(F)(F)F)s1. The number of thiazole rings is 1. The lowest BCUT2D eigenvalue weighted by atomic mass is 10.3. The summed E-state index contributed by atoms with van der Waals surface area (Å²) in [4.78, 5) is 6.78. The highest BCUT2D eigenvalue weighted by Crippen LogP contribution is 2.28. The van der Waals surface area contributed by atoms with Crippen molar-refractivity contribution in [2.75, 3.05) is 25.0 Å². The highest BCUT2D eigenvalue weighted by molar-refractivity contribution is 7.15. The van der Waals surface area contributed by atoms with Crippen LogP contribution in [0.2, 0.25) is 0 Å². The van der Waals surface area contributed by atoms with Crippen LogP contribution in [0.25, 0.3) is 0 Å². The van der Waals surface area contributed by atoms with E-state index in [2.05, 4.69) is 17.2 Å². The smallest absolute Gasteiger partial charge is 0.351 e. The van der Waals surface area contributed by atoms with E-state index in [0.29, 0.717) is 5.13 Å². The number of nitrogens with one attached hydrogen (secondary N) is 1. The van der Waals surface area contributed by atoms with E-state index >= 15 is 0 Å². The van der Waals surface area contributed by atoms with E-state index in [-0.39, 0.29) is 12.6 Å². The van der Waals surface area contributed by atoms with Crippen molar-refractivity contribution < 1.29 is 13.2 Å². The first kappa shape index (κ1) is 16.2. The topological polar surface area (TPSA) is 28.2 Å². The molecule has 1 aromatic rings. The summed E-state index contributed by atoms with van der Waals surface area (Å²) in [5, 5.41) is 3.96. The minimum absolute atomic E-state index is 0.0623. The van der Waals surface area contributed by atoms with Crippen LogP contribution in [0.4, 0.5) is 18.3 Å². The maximum atomic E-state index is 12.2. The summed E-state index contributed by atoms with van der Waals surface area (Å²) in [6.45, 7) is 4.97. The van der Waals surface area contributed by atoms with Crippen molar-refractivity contribution in [1.82, 2.24) is 10.3 Å². The zero-order valence-corrected chi connectivity index (χ0v) is 12.2. The van der Waals surface area contributed by atoms with E-state index < -0.39 is 12.6 Å². The van der Waals surface area contributed by atoms with Crippen LogP contribution in [0.15, 0.2) is 6.20 Å². The second-order valence-electron chi connectivity index (χ2n) is 4.51. The molecule has 0 aliphatic carbocycles. The van der Waals surface area contributed by atoms with Crippen molar-refractivity contribution in [3.05, 3.63) is 11.1 Å². The normalized spacial score (nSPS) is 13.6. The molecular formula is C12H20F3N3S. The maximum Gasteiger partial charge on any atom is 0.390 e. The Labute approximate surface area is 115 Å². The first-order valence-corrected chi connectivity index (χ1v) is 7.12. The van der Waals surface area contributed by atoms with E-state index in [1.807, 2.05) is 6.92 Å². The molecule has 1 unspecified atom stereocenters. The second-order valence-corrected chi connectivity index (χ2v) is 5.55. The van der Waals surface area contributed by atoms with E-state index in [9.17, 15) is 13.2 Å². The molecule has 7 heteroatoms. The monoisotopic (exact) mass is 295 g/mol. The molecule has 3 nitrogen and oxygen atoms in total. The van der Waals surface area contributed by atoms with Crippen molar-refractivity contribution in [2.24, 2.45) is 0 Å². The van der Waals surface area contributed by atoms with Crippen LogP contribution >= 0.6 is 11.3 Å². The summed E-state index contributed by atoms with van der Waals surface area (Å²) in [6, 6.07) is 0.183.